The summed E-state index contributed by atoms with van der Waals surface area (Å²) in [6.07, 6.45) is 0. The predicted octanol–water partition coefficient (Wildman–Crippen LogP) is 4.20. The van der Waals surface area contributed by atoms with E-state index >= 15 is 0 Å². The van der Waals surface area contributed by atoms with Crippen LogP contribution in [0, 0.1) is 5.92 Å². The summed E-state index contributed by atoms with van der Waals surface area (Å²) in [5, 5.41) is 11.3. The molecule has 0 unspecified atom stereocenters. The summed E-state index contributed by atoms with van der Waals surface area (Å²) in [6, 6.07) is 6.45. The molecule has 0 atom stereocenters. The Hall–Kier alpha value is -0.430. The maximum atomic E-state index is 4.04. The van der Waals surface area contributed by atoms with Crippen molar-refractivity contribution in [2.45, 2.75) is 29.6 Å². The Kier molecular flexibility index (Phi) is 5.81. The fourth-order valence-electron chi connectivity index (χ4n) is 1.54. The van der Waals surface area contributed by atoms with Gasteiger partial charge in [-0.15, -0.1) is 10.2 Å². The van der Waals surface area contributed by atoms with Crippen molar-refractivity contribution in [1.29, 1.82) is 0 Å². The first-order valence-corrected chi connectivity index (χ1v) is 8.57. The molecule has 0 aliphatic carbocycles. The number of rotatable bonds is 6. The maximum Gasteiger partial charge on any atom is 0.178 e. The molecule has 1 aromatic heterocycles. The fourth-order valence-corrected chi connectivity index (χ4v) is 3.65. The van der Waals surface area contributed by atoms with Crippen LogP contribution in [0.1, 0.15) is 19.4 Å². The van der Waals surface area contributed by atoms with Crippen molar-refractivity contribution < 1.29 is 0 Å². The monoisotopic (exact) mass is 357 g/mol. The normalized spacial score (nSPS) is 11.2. The van der Waals surface area contributed by atoms with E-state index in [1.807, 2.05) is 0 Å². The van der Waals surface area contributed by atoms with Gasteiger partial charge in [0, 0.05) is 15.9 Å². The van der Waals surface area contributed by atoms with E-state index < -0.39 is 0 Å². The standard InChI is InChI=1S/C13H16BrN3S2/c1-9(2)6-15-7-10-3-4-12(11(14)5-10)19-13-17-16-8-18-13/h3-5,8-9,15H,6-7H2,1-2H3. The predicted molar refractivity (Wildman–Crippen MR) is 84.7 cm³/mol. The molecular weight excluding hydrogens is 342 g/mol. The molecule has 2 aromatic rings. The van der Waals surface area contributed by atoms with E-state index in [0.717, 1.165) is 21.9 Å². The molecule has 0 bridgehead atoms. The van der Waals surface area contributed by atoms with E-state index in [0.29, 0.717) is 5.92 Å². The lowest BCUT2D eigenvalue weighted by atomic mass is 10.2. The molecule has 0 saturated heterocycles. The Morgan fingerprint density at radius 1 is 1.42 bits per heavy atom. The van der Waals surface area contributed by atoms with Gasteiger partial charge in [0.2, 0.25) is 0 Å². The van der Waals surface area contributed by atoms with Crippen LogP contribution in [0.2, 0.25) is 0 Å². The minimum Gasteiger partial charge on any atom is -0.312 e. The van der Waals surface area contributed by atoms with Crippen LogP contribution in [0.4, 0.5) is 0 Å². The first-order valence-electron chi connectivity index (χ1n) is 6.08. The van der Waals surface area contributed by atoms with Crippen molar-refractivity contribution in [3.63, 3.8) is 0 Å². The van der Waals surface area contributed by atoms with E-state index in [4.69, 9.17) is 0 Å². The SMILES string of the molecule is CC(C)CNCc1ccc(Sc2nncs2)c(Br)c1. The van der Waals surface area contributed by atoms with Crippen LogP contribution in [0.15, 0.2) is 37.4 Å². The van der Waals surface area contributed by atoms with Gasteiger partial charge in [-0.25, -0.2) is 0 Å². The molecule has 0 saturated carbocycles. The summed E-state index contributed by atoms with van der Waals surface area (Å²) in [5.74, 6) is 0.677. The molecule has 1 N–H and O–H groups in total. The Morgan fingerprint density at radius 2 is 2.26 bits per heavy atom. The lowest BCUT2D eigenvalue weighted by Crippen LogP contribution is -2.18. The van der Waals surface area contributed by atoms with E-state index in [1.54, 1.807) is 28.6 Å². The molecule has 6 heteroatoms. The third-order valence-electron chi connectivity index (χ3n) is 2.42. The fraction of sp³-hybridized carbons (Fsp3) is 0.385. The van der Waals surface area contributed by atoms with Gasteiger partial charge in [0.15, 0.2) is 4.34 Å². The minimum absolute atomic E-state index is 0.677. The van der Waals surface area contributed by atoms with Gasteiger partial charge in [-0.2, -0.15) is 0 Å². The average molecular weight is 358 g/mol. The van der Waals surface area contributed by atoms with Crippen LogP contribution in [0.25, 0.3) is 0 Å². The van der Waals surface area contributed by atoms with Crippen LogP contribution >= 0.6 is 39.0 Å². The molecule has 102 valence electrons. The second kappa shape index (κ2) is 7.38. The lowest BCUT2D eigenvalue weighted by molar-refractivity contribution is 0.552. The molecular formula is C13H16BrN3S2. The van der Waals surface area contributed by atoms with Gasteiger partial charge >= 0.3 is 0 Å². The highest BCUT2D eigenvalue weighted by Gasteiger charge is 2.06. The molecule has 2 rings (SSSR count). The zero-order valence-electron chi connectivity index (χ0n) is 10.9. The molecule has 3 nitrogen and oxygen atoms in total. The summed E-state index contributed by atoms with van der Waals surface area (Å²) in [6.45, 7) is 6.37. The Morgan fingerprint density at radius 3 is 2.89 bits per heavy atom. The quantitative estimate of drug-likeness (QED) is 0.840. The topological polar surface area (TPSA) is 37.8 Å². The first-order chi connectivity index (χ1) is 9.15. The van der Waals surface area contributed by atoms with Crippen molar-refractivity contribution in [3.05, 3.63) is 33.7 Å². The van der Waals surface area contributed by atoms with Crippen LogP contribution in [0.5, 0.6) is 0 Å². The molecule has 0 aliphatic rings. The minimum atomic E-state index is 0.677. The van der Waals surface area contributed by atoms with E-state index in [9.17, 15) is 0 Å². The zero-order valence-corrected chi connectivity index (χ0v) is 14.1. The third kappa shape index (κ3) is 4.87. The largest absolute Gasteiger partial charge is 0.312 e. The van der Waals surface area contributed by atoms with Crippen LogP contribution in [-0.2, 0) is 6.54 Å². The molecule has 0 amide bonds. The maximum absolute atomic E-state index is 4.04. The highest BCUT2D eigenvalue weighted by Crippen LogP contribution is 2.34. The van der Waals surface area contributed by atoms with Gasteiger partial charge in [-0.3, -0.25) is 0 Å². The molecule has 0 radical (unpaired) electrons. The Bertz CT molecular complexity index is 515. The number of hydrogen-bond acceptors (Lipinski definition) is 5. The van der Waals surface area contributed by atoms with E-state index in [1.165, 1.54) is 10.5 Å². The molecule has 1 heterocycles. The van der Waals surface area contributed by atoms with Crippen LogP contribution in [-0.4, -0.2) is 16.7 Å². The Labute approximate surface area is 130 Å². The number of aromatic nitrogens is 2. The number of benzene rings is 1. The first kappa shape index (κ1) is 15.0. The van der Waals surface area contributed by atoms with Crippen LogP contribution in [0.3, 0.4) is 0 Å². The van der Waals surface area contributed by atoms with Gasteiger partial charge in [-0.05, 0) is 46.1 Å². The molecule has 19 heavy (non-hydrogen) atoms. The average Bonchev–Trinajstić information content (AvgIpc) is 2.85. The number of nitrogens with one attached hydrogen (secondary N) is 1. The number of nitrogens with zero attached hydrogens (tertiary/aromatic N) is 2. The molecule has 0 fully saturated rings. The lowest BCUT2D eigenvalue weighted by Gasteiger charge is -2.09. The summed E-state index contributed by atoms with van der Waals surface area (Å²) >= 11 is 6.81. The van der Waals surface area contributed by atoms with Gasteiger partial charge in [0.25, 0.3) is 0 Å². The zero-order chi connectivity index (χ0) is 13.7. The van der Waals surface area contributed by atoms with Crippen LogP contribution < -0.4 is 5.32 Å². The third-order valence-corrected chi connectivity index (χ3v) is 5.19. The smallest absolute Gasteiger partial charge is 0.178 e. The number of hydrogen-bond donors (Lipinski definition) is 1. The van der Waals surface area contributed by atoms with Crippen molar-refractivity contribution in [2.75, 3.05) is 6.54 Å². The van der Waals surface area contributed by atoms with Gasteiger partial charge in [0.1, 0.15) is 5.51 Å². The summed E-state index contributed by atoms with van der Waals surface area (Å²) < 4.78 is 2.07. The van der Waals surface area contributed by atoms with Gasteiger partial charge in [0.05, 0.1) is 0 Å². The van der Waals surface area contributed by atoms with Crippen molar-refractivity contribution in [1.82, 2.24) is 15.5 Å². The van der Waals surface area contributed by atoms with Gasteiger partial charge < -0.3 is 5.32 Å². The molecule has 0 aliphatic heterocycles. The second-order valence-electron chi connectivity index (χ2n) is 4.60. The second-order valence-corrected chi connectivity index (χ2v) is 7.57. The van der Waals surface area contributed by atoms with E-state index in [-0.39, 0.29) is 0 Å². The highest BCUT2D eigenvalue weighted by atomic mass is 79.9. The van der Waals surface area contributed by atoms with Gasteiger partial charge in [-0.1, -0.05) is 43.0 Å². The summed E-state index contributed by atoms with van der Waals surface area (Å²) in [7, 11) is 0. The van der Waals surface area contributed by atoms with Crippen molar-refractivity contribution in [3.8, 4) is 0 Å². The van der Waals surface area contributed by atoms with Crippen molar-refractivity contribution in [2.24, 2.45) is 5.92 Å². The molecule has 0 spiro atoms. The number of halogens is 1. The van der Waals surface area contributed by atoms with Crippen molar-refractivity contribution >= 4 is 39.0 Å². The summed E-state index contributed by atoms with van der Waals surface area (Å²) in [4.78, 5) is 1.17. The summed E-state index contributed by atoms with van der Waals surface area (Å²) in [5.41, 5.74) is 3.04. The van der Waals surface area contributed by atoms with E-state index in [2.05, 4.69) is 63.5 Å². The molecule has 1 aromatic carbocycles. The Balaban J connectivity index is 1.97. The highest BCUT2D eigenvalue weighted by molar-refractivity contribution is 9.10.